The molecular formula is C22H24N2O3S. The van der Waals surface area contributed by atoms with Crippen LogP contribution in [0.2, 0.25) is 0 Å². The van der Waals surface area contributed by atoms with E-state index >= 15 is 0 Å². The third kappa shape index (κ3) is 4.89. The van der Waals surface area contributed by atoms with Crippen LogP contribution in [-0.2, 0) is 11.3 Å². The molecule has 3 rings (SSSR count). The Morgan fingerprint density at radius 2 is 1.82 bits per heavy atom. The molecule has 5 nitrogen and oxygen atoms in total. The molecule has 3 aromatic rings. The fourth-order valence-electron chi connectivity index (χ4n) is 2.62. The number of hydrogen-bond acceptors (Lipinski definition) is 5. The van der Waals surface area contributed by atoms with Crippen LogP contribution >= 0.6 is 11.3 Å². The van der Waals surface area contributed by atoms with Gasteiger partial charge >= 0.3 is 0 Å². The van der Waals surface area contributed by atoms with Gasteiger partial charge < -0.3 is 14.8 Å². The molecule has 0 spiro atoms. The van der Waals surface area contributed by atoms with Gasteiger partial charge in [0.25, 0.3) is 5.91 Å². The van der Waals surface area contributed by atoms with Crippen molar-refractivity contribution in [3.05, 3.63) is 64.7 Å². The number of thiazole rings is 1. The molecule has 0 saturated heterocycles. The number of hydrogen-bond donors (Lipinski definition) is 1. The summed E-state index contributed by atoms with van der Waals surface area (Å²) in [7, 11) is 1.64. The van der Waals surface area contributed by atoms with Crippen LogP contribution in [0.3, 0.4) is 0 Å². The van der Waals surface area contributed by atoms with E-state index in [1.54, 1.807) is 25.4 Å². The second-order valence-electron chi connectivity index (χ2n) is 6.60. The maximum atomic E-state index is 12.3. The lowest BCUT2D eigenvalue weighted by Gasteiger charge is -2.15. The number of carbonyl (C=O) groups excluding carboxylic acids is 1. The van der Waals surface area contributed by atoms with Crippen molar-refractivity contribution in [1.82, 2.24) is 10.3 Å². The van der Waals surface area contributed by atoms with Gasteiger partial charge in [-0.25, -0.2) is 4.98 Å². The second-order valence-corrected chi connectivity index (χ2v) is 7.45. The molecule has 0 saturated carbocycles. The van der Waals surface area contributed by atoms with E-state index in [1.807, 2.05) is 61.7 Å². The zero-order chi connectivity index (χ0) is 20.1. The van der Waals surface area contributed by atoms with Crippen LogP contribution in [0.15, 0.2) is 47.8 Å². The van der Waals surface area contributed by atoms with Gasteiger partial charge in [0.1, 0.15) is 16.5 Å². The monoisotopic (exact) mass is 396 g/mol. The summed E-state index contributed by atoms with van der Waals surface area (Å²) in [6.07, 6.45) is -0.582. The first-order valence-electron chi connectivity index (χ1n) is 9.06. The SMILES string of the molecule is COc1ccc(-c2nc(CNC(=O)[C@@H](C)Oc3ccc(C)c(C)c3)cs2)cc1. The van der Waals surface area contributed by atoms with E-state index in [2.05, 4.69) is 10.3 Å². The van der Waals surface area contributed by atoms with Gasteiger partial charge in [-0.15, -0.1) is 11.3 Å². The Morgan fingerprint density at radius 3 is 2.50 bits per heavy atom. The summed E-state index contributed by atoms with van der Waals surface area (Å²) in [4.78, 5) is 16.9. The number of methoxy groups -OCH3 is 1. The minimum Gasteiger partial charge on any atom is -0.497 e. The lowest BCUT2D eigenvalue weighted by atomic mass is 10.1. The molecule has 0 bridgehead atoms. The predicted octanol–water partition coefficient (Wildman–Crippen LogP) is 4.52. The van der Waals surface area contributed by atoms with Gasteiger partial charge in [0.2, 0.25) is 0 Å². The smallest absolute Gasteiger partial charge is 0.261 e. The van der Waals surface area contributed by atoms with E-state index in [0.717, 1.165) is 27.6 Å². The highest BCUT2D eigenvalue weighted by molar-refractivity contribution is 7.13. The highest BCUT2D eigenvalue weighted by Crippen LogP contribution is 2.25. The first kappa shape index (κ1) is 19.9. The van der Waals surface area contributed by atoms with E-state index < -0.39 is 6.10 Å². The summed E-state index contributed by atoms with van der Waals surface area (Å²) in [5, 5.41) is 5.75. The van der Waals surface area contributed by atoms with Gasteiger partial charge in [0.15, 0.2) is 6.10 Å². The molecule has 146 valence electrons. The summed E-state index contributed by atoms with van der Waals surface area (Å²) >= 11 is 1.55. The molecule has 2 aromatic carbocycles. The standard InChI is InChI=1S/C22H24N2O3S/c1-14-5-8-20(11-15(14)2)27-16(3)21(25)23-12-18-13-28-22(24-18)17-6-9-19(26-4)10-7-17/h5-11,13,16H,12H2,1-4H3,(H,23,25)/t16-/m1/s1. The Labute approximate surface area is 169 Å². The van der Waals surface area contributed by atoms with E-state index in [1.165, 1.54) is 5.56 Å². The second kappa shape index (κ2) is 8.89. The molecule has 0 unspecified atom stereocenters. The van der Waals surface area contributed by atoms with Gasteiger partial charge in [-0.2, -0.15) is 0 Å². The molecular weight excluding hydrogens is 372 g/mol. The van der Waals surface area contributed by atoms with E-state index in [0.29, 0.717) is 12.3 Å². The topological polar surface area (TPSA) is 60.5 Å². The van der Waals surface area contributed by atoms with Gasteiger partial charge in [0, 0.05) is 10.9 Å². The summed E-state index contributed by atoms with van der Waals surface area (Å²) in [5.41, 5.74) is 4.18. The quantitative estimate of drug-likeness (QED) is 0.638. The fraction of sp³-hybridized carbons (Fsp3) is 0.273. The van der Waals surface area contributed by atoms with Gasteiger partial charge in [-0.05, 0) is 68.3 Å². The first-order valence-corrected chi connectivity index (χ1v) is 9.94. The summed E-state index contributed by atoms with van der Waals surface area (Å²) in [6, 6.07) is 13.6. The van der Waals surface area contributed by atoms with Crippen LogP contribution in [0, 0.1) is 13.8 Å². The van der Waals surface area contributed by atoms with Crippen LogP contribution in [0.25, 0.3) is 10.6 Å². The Morgan fingerprint density at radius 1 is 1.11 bits per heavy atom. The number of rotatable bonds is 7. The Kier molecular flexibility index (Phi) is 6.31. The average molecular weight is 397 g/mol. The zero-order valence-corrected chi connectivity index (χ0v) is 17.3. The number of ether oxygens (including phenoxy) is 2. The van der Waals surface area contributed by atoms with Crippen molar-refractivity contribution in [2.24, 2.45) is 0 Å². The summed E-state index contributed by atoms with van der Waals surface area (Å²) < 4.78 is 10.9. The highest BCUT2D eigenvalue weighted by atomic mass is 32.1. The molecule has 1 heterocycles. The number of amides is 1. The van der Waals surface area contributed by atoms with Crippen molar-refractivity contribution >= 4 is 17.2 Å². The Hall–Kier alpha value is -2.86. The van der Waals surface area contributed by atoms with Crippen LogP contribution in [0.4, 0.5) is 0 Å². The third-order valence-electron chi connectivity index (χ3n) is 4.49. The number of aryl methyl sites for hydroxylation is 2. The lowest BCUT2D eigenvalue weighted by Crippen LogP contribution is -2.36. The zero-order valence-electron chi connectivity index (χ0n) is 16.5. The minimum absolute atomic E-state index is 0.169. The molecule has 0 aliphatic carbocycles. The van der Waals surface area contributed by atoms with E-state index in [-0.39, 0.29) is 5.91 Å². The minimum atomic E-state index is -0.582. The van der Waals surface area contributed by atoms with Crippen molar-refractivity contribution in [3.8, 4) is 22.1 Å². The molecule has 1 atom stereocenters. The number of carbonyl (C=O) groups is 1. The number of nitrogens with zero attached hydrogens (tertiary/aromatic N) is 1. The molecule has 1 N–H and O–H groups in total. The predicted molar refractivity (Wildman–Crippen MR) is 112 cm³/mol. The lowest BCUT2D eigenvalue weighted by molar-refractivity contribution is -0.127. The van der Waals surface area contributed by atoms with Gasteiger partial charge in [0.05, 0.1) is 19.3 Å². The van der Waals surface area contributed by atoms with E-state index in [9.17, 15) is 4.79 Å². The normalized spacial score (nSPS) is 11.7. The van der Waals surface area contributed by atoms with Crippen molar-refractivity contribution in [2.45, 2.75) is 33.4 Å². The summed E-state index contributed by atoms with van der Waals surface area (Å²) in [6.45, 7) is 6.18. The maximum Gasteiger partial charge on any atom is 0.261 e. The molecule has 6 heteroatoms. The molecule has 0 fully saturated rings. The fourth-order valence-corrected chi connectivity index (χ4v) is 3.45. The molecule has 0 aliphatic rings. The van der Waals surface area contributed by atoms with Crippen LogP contribution in [0.1, 0.15) is 23.7 Å². The van der Waals surface area contributed by atoms with E-state index in [4.69, 9.17) is 9.47 Å². The largest absolute Gasteiger partial charge is 0.497 e. The molecule has 28 heavy (non-hydrogen) atoms. The average Bonchev–Trinajstić information content (AvgIpc) is 3.18. The van der Waals surface area contributed by atoms with Crippen LogP contribution in [-0.4, -0.2) is 24.1 Å². The van der Waals surface area contributed by atoms with Gasteiger partial charge in [-0.3, -0.25) is 4.79 Å². The number of aromatic nitrogens is 1. The number of nitrogens with one attached hydrogen (secondary N) is 1. The molecule has 1 amide bonds. The van der Waals surface area contributed by atoms with Crippen LogP contribution in [0.5, 0.6) is 11.5 Å². The van der Waals surface area contributed by atoms with Crippen molar-refractivity contribution in [1.29, 1.82) is 0 Å². The Bertz CT molecular complexity index is 951. The molecule has 0 radical (unpaired) electrons. The molecule has 1 aromatic heterocycles. The van der Waals surface area contributed by atoms with Gasteiger partial charge in [-0.1, -0.05) is 6.07 Å². The summed E-state index contributed by atoms with van der Waals surface area (Å²) in [5.74, 6) is 1.34. The van der Waals surface area contributed by atoms with Crippen molar-refractivity contribution < 1.29 is 14.3 Å². The highest BCUT2D eigenvalue weighted by Gasteiger charge is 2.15. The van der Waals surface area contributed by atoms with Crippen molar-refractivity contribution in [3.63, 3.8) is 0 Å². The maximum absolute atomic E-state index is 12.3. The first-order chi connectivity index (χ1) is 13.5. The molecule has 0 aliphatic heterocycles. The number of benzene rings is 2. The third-order valence-corrected chi connectivity index (χ3v) is 5.43. The Balaban J connectivity index is 1.55. The van der Waals surface area contributed by atoms with Crippen molar-refractivity contribution in [2.75, 3.05) is 7.11 Å². The van der Waals surface area contributed by atoms with Crippen LogP contribution < -0.4 is 14.8 Å².